The van der Waals surface area contributed by atoms with Crippen LogP contribution in [0, 0.1) is 10.1 Å². The molecule has 1 aliphatic rings. The molecule has 0 radical (unpaired) electrons. The molecule has 2 rings (SSSR count). The Balaban J connectivity index is 2.27. The number of sulfone groups is 1. The van der Waals surface area contributed by atoms with Crippen LogP contribution in [-0.2, 0) is 16.4 Å². The van der Waals surface area contributed by atoms with Crippen molar-refractivity contribution in [3.05, 3.63) is 33.9 Å². The van der Waals surface area contributed by atoms with Gasteiger partial charge in [-0.3, -0.25) is 10.1 Å². The molecule has 7 nitrogen and oxygen atoms in total. The highest BCUT2D eigenvalue weighted by molar-refractivity contribution is 7.91. The van der Waals surface area contributed by atoms with E-state index in [1.807, 2.05) is 4.90 Å². The van der Waals surface area contributed by atoms with Crippen LogP contribution < -0.4 is 4.90 Å². The highest BCUT2D eigenvalue weighted by Crippen LogP contribution is 2.26. The summed E-state index contributed by atoms with van der Waals surface area (Å²) in [6.07, 6.45) is 0.535. The molecule has 0 aromatic heterocycles. The molecule has 1 heterocycles. The number of hydrogen-bond acceptors (Lipinski definition) is 6. The molecule has 0 bridgehead atoms. The van der Waals surface area contributed by atoms with Gasteiger partial charge in [-0.25, -0.2) is 8.42 Å². The Bertz CT molecular complexity index is 614. The molecule has 1 saturated heterocycles. The second kappa shape index (κ2) is 5.76. The zero-order chi connectivity index (χ0) is 14.8. The molecule has 0 aliphatic carbocycles. The molecule has 0 amide bonds. The summed E-state index contributed by atoms with van der Waals surface area (Å²) in [5.41, 5.74) is 0.815. The number of nitrogens with zero attached hydrogens (tertiary/aromatic N) is 2. The molecule has 1 aromatic rings. The summed E-state index contributed by atoms with van der Waals surface area (Å²) >= 11 is 0. The largest absolute Gasteiger partial charge is 0.391 e. The van der Waals surface area contributed by atoms with E-state index < -0.39 is 21.4 Å². The van der Waals surface area contributed by atoms with Gasteiger partial charge >= 0.3 is 0 Å². The minimum atomic E-state index is -3.00. The summed E-state index contributed by atoms with van der Waals surface area (Å²) in [7, 11) is -3.00. The molecule has 1 aromatic carbocycles. The van der Waals surface area contributed by atoms with Crippen molar-refractivity contribution in [1.29, 1.82) is 0 Å². The first-order valence-electron chi connectivity index (χ1n) is 6.26. The van der Waals surface area contributed by atoms with E-state index in [9.17, 15) is 23.6 Å². The van der Waals surface area contributed by atoms with Crippen molar-refractivity contribution >= 4 is 21.2 Å². The normalized spacial score (nSPS) is 18.6. The average molecular weight is 300 g/mol. The molecular weight excluding hydrogens is 284 g/mol. The van der Waals surface area contributed by atoms with Gasteiger partial charge in [-0.2, -0.15) is 0 Å². The van der Waals surface area contributed by atoms with Crippen LogP contribution >= 0.6 is 0 Å². The molecule has 1 aliphatic heterocycles. The van der Waals surface area contributed by atoms with E-state index in [-0.39, 0.29) is 22.8 Å². The number of rotatable bonds is 3. The third-order valence-electron chi connectivity index (χ3n) is 3.35. The van der Waals surface area contributed by atoms with Gasteiger partial charge in [-0.1, -0.05) is 0 Å². The van der Waals surface area contributed by atoms with Crippen LogP contribution in [0.3, 0.4) is 0 Å². The Morgan fingerprint density at radius 3 is 2.70 bits per heavy atom. The van der Waals surface area contributed by atoms with Crippen LogP contribution in [0.15, 0.2) is 18.2 Å². The maximum atomic E-state index is 11.6. The smallest absolute Gasteiger partial charge is 0.275 e. The first kappa shape index (κ1) is 14.7. The number of nitro groups is 1. The molecule has 1 N–H and O–H groups in total. The number of nitro benzene ring substituents is 1. The topological polar surface area (TPSA) is 101 Å². The van der Waals surface area contributed by atoms with Crippen molar-refractivity contribution in [2.75, 3.05) is 29.5 Å². The summed E-state index contributed by atoms with van der Waals surface area (Å²) < 4.78 is 23.1. The predicted molar refractivity (Wildman–Crippen MR) is 74.5 cm³/mol. The lowest BCUT2D eigenvalue weighted by molar-refractivity contribution is -0.385. The quantitative estimate of drug-likeness (QED) is 0.652. The van der Waals surface area contributed by atoms with Crippen LogP contribution in [0.1, 0.15) is 12.0 Å². The average Bonchev–Trinajstić information content (AvgIpc) is 2.59. The van der Waals surface area contributed by atoms with E-state index in [1.54, 1.807) is 12.1 Å². The van der Waals surface area contributed by atoms with Crippen molar-refractivity contribution in [1.82, 2.24) is 0 Å². The van der Waals surface area contributed by atoms with E-state index >= 15 is 0 Å². The van der Waals surface area contributed by atoms with E-state index in [4.69, 9.17) is 0 Å². The van der Waals surface area contributed by atoms with Crippen molar-refractivity contribution < 1.29 is 18.4 Å². The first-order chi connectivity index (χ1) is 9.43. The monoisotopic (exact) mass is 300 g/mol. The Morgan fingerprint density at radius 1 is 1.30 bits per heavy atom. The van der Waals surface area contributed by atoms with E-state index in [0.29, 0.717) is 25.2 Å². The van der Waals surface area contributed by atoms with Crippen molar-refractivity contribution in [3.63, 3.8) is 0 Å². The Hall–Kier alpha value is -1.67. The standard InChI is InChI=1S/C12H16N2O5S/c15-9-10-8-11(2-3-12(10)14(16)17)13-4-1-6-20(18,19)7-5-13/h2-3,8,15H,1,4-7,9H2. The van der Waals surface area contributed by atoms with Crippen LogP contribution in [-0.4, -0.2) is 43.0 Å². The van der Waals surface area contributed by atoms with Gasteiger partial charge in [0.05, 0.1) is 28.6 Å². The molecule has 20 heavy (non-hydrogen) atoms. The molecular formula is C12H16N2O5S. The second-order valence-corrected chi connectivity index (χ2v) is 7.02. The third kappa shape index (κ3) is 3.26. The predicted octanol–water partition coefficient (Wildman–Crippen LogP) is 0.712. The van der Waals surface area contributed by atoms with Crippen LogP contribution in [0.2, 0.25) is 0 Å². The minimum absolute atomic E-state index is 0.0818. The van der Waals surface area contributed by atoms with Gasteiger partial charge in [-0.15, -0.1) is 0 Å². The summed E-state index contributed by atoms with van der Waals surface area (Å²) in [5, 5.41) is 20.0. The fourth-order valence-electron chi connectivity index (χ4n) is 2.27. The molecule has 0 unspecified atom stereocenters. The molecule has 0 atom stereocenters. The van der Waals surface area contributed by atoms with Crippen LogP contribution in [0.4, 0.5) is 11.4 Å². The number of hydrogen-bond donors (Lipinski definition) is 1. The van der Waals surface area contributed by atoms with Gasteiger partial charge in [0.1, 0.15) is 0 Å². The highest BCUT2D eigenvalue weighted by atomic mass is 32.2. The maximum absolute atomic E-state index is 11.6. The number of aliphatic hydroxyl groups is 1. The number of aliphatic hydroxyl groups excluding tert-OH is 1. The maximum Gasteiger partial charge on any atom is 0.275 e. The van der Waals surface area contributed by atoms with Gasteiger partial charge in [0.2, 0.25) is 0 Å². The van der Waals surface area contributed by atoms with Gasteiger partial charge in [-0.05, 0) is 18.6 Å². The Morgan fingerprint density at radius 2 is 2.05 bits per heavy atom. The highest BCUT2D eigenvalue weighted by Gasteiger charge is 2.21. The fraction of sp³-hybridized carbons (Fsp3) is 0.500. The van der Waals surface area contributed by atoms with E-state index in [2.05, 4.69) is 0 Å². The Kier molecular flexibility index (Phi) is 4.24. The summed E-state index contributed by atoms with van der Waals surface area (Å²) in [6.45, 7) is 0.531. The lowest BCUT2D eigenvalue weighted by atomic mass is 10.1. The van der Waals surface area contributed by atoms with Crippen LogP contribution in [0.25, 0.3) is 0 Å². The summed E-state index contributed by atoms with van der Waals surface area (Å²) in [4.78, 5) is 12.2. The van der Waals surface area contributed by atoms with E-state index in [0.717, 1.165) is 0 Å². The van der Waals surface area contributed by atoms with Crippen molar-refractivity contribution in [3.8, 4) is 0 Å². The SMILES string of the molecule is O=[N+]([O-])c1ccc(N2CCCS(=O)(=O)CC2)cc1CO. The van der Waals surface area contributed by atoms with Gasteiger partial charge in [0.15, 0.2) is 9.84 Å². The molecule has 0 saturated carbocycles. The second-order valence-electron chi connectivity index (χ2n) is 4.72. The lowest BCUT2D eigenvalue weighted by Gasteiger charge is -2.22. The molecule has 1 fully saturated rings. The zero-order valence-electron chi connectivity index (χ0n) is 10.9. The van der Waals surface area contributed by atoms with E-state index in [1.165, 1.54) is 6.07 Å². The zero-order valence-corrected chi connectivity index (χ0v) is 11.7. The van der Waals surface area contributed by atoms with Gasteiger partial charge in [0.25, 0.3) is 5.69 Å². The molecule has 8 heteroatoms. The minimum Gasteiger partial charge on any atom is -0.391 e. The van der Waals surface area contributed by atoms with Crippen molar-refractivity contribution in [2.45, 2.75) is 13.0 Å². The number of anilines is 1. The van der Waals surface area contributed by atoms with Gasteiger partial charge in [0, 0.05) is 24.8 Å². The Labute approximate surface area is 116 Å². The molecule has 0 spiro atoms. The van der Waals surface area contributed by atoms with Crippen LogP contribution in [0.5, 0.6) is 0 Å². The van der Waals surface area contributed by atoms with Gasteiger partial charge < -0.3 is 10.0 Å². The number of benzene rings is 1. The summed E-state index contributed by atoms with van der Waals surface area (Å²) in [5.74, 6) is 0.252. The van der Waals surface area contributed by atoms with Crippen molar-refractivity contribution in [2.24, 2.45) is 0 Å². The molecule has 110 valence electrons. The lowest BCUT2D eigenvalue weighted by Crippen LogP contribution is -2.26. The first-order valence-corrected chi connectivity index (χ1v) is 8.08. The third-order valence-corrected chi connectivity index (χ3v) is 5.07. The summed E-state index contributed by atoms with van der Waals surface area (Å²) in [6, 6.07) is 4.49. The fourth-order valence-corrected chi connectivity index (χ4v) is 3.54.